The minimum absolute atomic E-state index is 0.0448. The van der Waals surface area contributed by atoms with E-state index in [0.29, 0.717) is 13.0 Å². The maximum Gasteiger partial charge on any atom is 0.116 e. The highest BCUT2D eigenvalue weighted by atomic mass is 19.1. The summed E-state index contributed by atoms with van der Waals surface area (Å²) in [4.78, 5) is 2.08. The Morgan fingerprint density at radius 1 is 1.29 bits per heavy atom. The summed E-state index contributed by atoms with van der Waals surface area (Å²) in [6, 6.07) is 0.0448. The summed E-state index contributed by atoms with van der Waals surface area (Å²) in [5, 5.41) is 9.45. The van der Waals surface area contributed by atoms with E-state index in [-0.39, 0.29) is 6.04 Å². The van der Waals surface area contributed by atoms with Gasteiger partial charge < -0.3 is 5.11 Å². The Labute approximate surface area is 84.4 Å². The molecular weight excluding hydrogens is 181 g/mol. The Hall–Kier alpha value is -0.410. The second kappa shape index (κ2) is 4.41. The molecule has 1 saturated carbocycles. The molecule has 0 saturated heterocycles. The molecule has 1 heterocycles. The number of aliphatic hydroxyl groups is 1. The molecule has 0 bridgehead atoms. The van der Waals surface area contributed by atoms with Crippen molar-refractivity contribution in [2.45, 2.75) is 44.0 Å². The van der Waals surface area contributed by atoms with Crippen LogP contribution < -0.4 is 0 Å². The molecule has 1 fully saturated rings. The number of rotatable bonds is 1. The molecule has 0 radical (unpaired) electrons. The quantitative estimate of drug-likeness (QED) is 0.647. The minimum atomic E-state index is -0.692. The van der Waals surface area contributed by atoms with Crippen molar-refractivity contribution in [2.24, 2.45) is 0 Å². The summed E-state index contributed by atoms with van der Waals surface area (Å²) in [6.07, 6.45) is 6.43. The van der Waals surface area contributed by atoms with Gasteiger partial charge in [-0.25, -0.2) is 4.39 Å². The van der Waals surface area contributed by atoms with Gasteiger partial charge in [0.2, 0.25) is 0 Å². The van der Waals surface area contributed by atoms with Crippen LogP contribution in [0.5, 0.6) is 0 Å². The molecule has 0 amide bonds. The molecule has 3 heteroatoms. The first kappa shape index (κ1) is 10.1. The number of hydrogen-bond donors (Lipinski definition) is 1. The Morgan fingerprint density at radius 2 is 2.07 bits per heavy atom. The van der Waals surface area contributed by atoms with Gasteiger partial charge >= 0.3 is 0 Å². The second-order valence-electron chi connectivity index (χ2n) is 4.32. The highest BCUT2D eigenvalue weighted by molar-refractivity contribution is 5.00. The van der Waals surface area contributed by atoms with Crippen LogP contribution in [-0.2, 0) is 0 Å². The zero-order valence-corrected chi connectivity index (χ0v) is 8.40. The van der Waals surface area contributed by atoms with Gasteiger partial charge in [-0.2, -0.15) is 0 Å². The number of halogens is 1. The van der Waals surface area contributed by atoms with E-state index < -0.39 is 12.3 Å². The normalized spacial score (nSPS) is 40.0. The van der Waals surface area contributed by atoms with Gasteiger partial charge in [0.15, 0.2) is 0 Å². The molecule has 0 aromatic heterocycles. The van der Waals surface area contributed by atoms with Gasteiger partial charge in [-0.05, 0) is 12.8 Å². The number of hydrogen-bond acceptors (Lipinski definition) is 2. The average molecular weight is 199 g/mol. The highest BCUT2D eigenvalue weighted by Gasteiger charge is 2.31. The van der Waals surface area contributed by atoms with Crippen LogP contribution >= 0.6 is 0 Å². The molecule has 0 spiro atoms. The van der Waals surface area contributed by atoms with Crippen molar-refractivity contribution in [2.75, 3.05) is 13.1 Å². The lowest BCUT2D eigenvalue weighted by Gasteiger charge is -2.38. The molecule has 80 valence electrons. The van der Waals surface area contributed by atoms with Crippen molar-refractivity contribution in [3.8, 4) is 0 Å². The summed E-state index contributed by atoms with van der Waals surface area (Å²) >= 11 is 0. The van der Waals surface area contributed by atoms with E-state index >= 15 is 0 Å². The van der Waals surface area contributed by atoms with Crippen LogP contribution in [0.4, 0.5) is 4.39 Å². The van der Waals surface area contributed by atoms with E-state index in [1.165, 1.54) is 0 Å². The van der Waals surface area contributed by atoms with E-state index in [1.54, 1.807) is 6.08 Å². The van der Waals surface area contributed by atoms with Gasteiger partial charge in [0.05, 0.1) is 6.10 Å². The molecule has 1 N–H and O–H groups in total. The van der Waals surface area contributed by atoms with Crippen LogP contribution in [0.25, 0.3) is 0 Å². The molecule has 0 aromatic carbocycles. The van der Waals surface area contributed by atoms with Gasteiger partial charge in [-0.1, -0.05) is 25.0 Å². The van der Waals surface area contributed by atoms with E-state index in [2.05, 4.69) is 4.90 Å². The van der Waals surface area contributed by atoms with Gasteiger partial charge in [0, 0.05) is 19.1 Å². The fourth-order valence-corrected chi connectivity index (χ4v) is 2.48. The van der Waals surface area contributed by atoms with Gasteiger partial charge in [-0.15, -0.1) is 0 Å². The SMILES string of the molecule is OC1C=CCN(C2CCCCC2F)C1. The molecule has 1 aliphatic heterocycles. The van der Waals surface area contributed by atoms with E-state index in [4.69, 9.17) is 0 Å². The van der Waals surface area contributed by atoms with Crippen LogP contribution in [0, 0.1) is 0 Å². The Morgan fingerprint density at radius 3 is 2.79 bits per heavy atom. The van der Waals surface area contributed by atoms with Crippen LogP contribution in [0.1, 0.15) is 25.7 Å². The first-order chi connectivity index (χ1) is 6.77. The number of β-amino-alcohol motifs (C(OH)–C–C–N with tert-alkyl or cyclic N) is 1. The Balaban J connectivity index is 1.96. The molecule has 1 aliphatic carbocycles. The minimum Gasteiger partial charge on any atom is -0.388 e. The lowest BCUT2D eigenvalue weighted by Crippen LogP contribution is -2.48. The summed E-state index contributed by atoms with van der Waals surface area (Å²) < 4.78 is 13.6. The van der Waals surface area contributed by atoms with E-state index in [9.17, 15) is 9.50 Å². The fourth-order valence-electron chi connectivity index (χ4n) is 2.48. The molecule has 2 nitrogen and oxygen atoms in total. The molecule has 2 aliphatic rings. The number of alkyl halides is 1. The fraction of sp³-hybridized carbons (Fsp3) is 0.818. The lowest BCUT2D eigenvalue weighted by atomic mass is 9.91. The van der Waals surface area contributed by atoms with Gasteiger partial charge in [-0.3, -0.25) is 4.90 Å². The highest BCUT2D eigenvalue weighted by Crippen LogP contribution is 2.26. The smallest absolute Gasteiger partial charge is 0.116 e. The lowest BCUT2D eigenvalue weighted by molar-refractivity contribution is 0.0491. The van der Waals surface area contributed by atoms with E-state index in [0.717, 1.165) is 25.8 Å². The molecule has 2 rings (SSSR count). The van der Waals surface area contributed by atoms with Crippen molar-refractivity contribution in [1.29, 1.82) is 0 Å². The predicted molar refractivity (Wildman–Crippen MR) is 53.9 cm³/mol. The molecule has 3 atom stereocenters. The summed E-state index contributed by atoms with van der Waals surface area (Å²) in [6.45, 7) is 1.39. The third kappa shape index (κ3) is 2.15. The van der Waals surface area contributed by atoms with Crippen LogP contribution in [0.2, 0.25) is 0 Å². The number of aliphatic hydroxyl groups excluding tert-OH is 1. The van der Waals surface area contributed by atoms with Crippen molar-refractivity contribution < 1.29 is 9.50 Å². The molecule has 14 heavy (non-hydrogen) atoms. The first-order valence-corrected chi connectivity index (χ1v) is 5.50. The third-order valence-electron chi connectivity index (χ3n) is 3.24. The molecule has 0 aromatic rings. The van der Waals surface area contributed by atoms with E-state index in [1.807, 2.05) is 6.08 Å². The standard InChI is InChI=1S/C11H18FNO/c12-10-5-1-2-6-11(10)13-7-3-4-9(14)8-13/h3-4,9-11,14H,1-2,5-8H2. The number of nitrogens with zero attached hydrogens (tertiary/aromatic N) is 1. The van der Waals surface area contributed by atoms with Crippen LogP contribution in [0.3, 0.4) is 0 Å². The zero-order chi connectivity index (χ0) is 9.97. The van der Waals surface area contributed by atoms with Gasteiger partial charge in [0.25, 0.3) is 0 Å². The average Bonchev–Trinajstić information content (AvgIpc) is 2.18. The second-order valence-corrected chi connectivity index (χ2v) is 4.32. The maximum absolute atomic E-state index is 13.6. The summed E-state index contributed by atoms with van der Waals surface area (Å²) in [5.41, 5.74) is 0. The monoisotopic (exact) mass is 199 g/mol. The summed E-state index contributed by atoms with van der Waals surface area (Å²) in [7, 11) is 0. The maximum atomic E-state index is 13.6. The summed E-state index contributed by atoms with van der Waals surface area (Å²) in [5.74, 6) is 0. The largest absolute Gasteiger partial charge is 0.388 e. The van der Waals surface area contributed by atoms with Crippen molar-refractivity contribution in [3.05, 3.63) is 12.2 Å². The Kier molecular flexibility index (Phi) is 3.19. The molecule has 3 unspecified atom stereocenters. The first-order valence-electron chi connectivity index (χ1n) is 5.50. The van der Waals surface area contributed by atoms with Crippen LogP contribution in [-0.4, -0.2) is 41.4 Å². The topological polar surface area (TPSA) is 23.5 Å². The third-order valence-corrected chi connectivity index (χ3v) is 3.24. The van der Waals surface area contributed by atoms with Crippen molar-refractivity contribution in [1.82, 2.24) is 4.90 Å². The molecular formula is C11H18FNO. The van der Waals surface area contributed by atoms with Crippen molar-refractivity contribution >= 4 is 0 Å². The van der Waals surface area contributed by atoms with Gasteiger partial charge in [0.1, 0.15) is 6.17 Å². The van der Waals surface area contributed by atoms with Crippen LogP contribution in [0.15, 0.2) is 12.2 Å². The van der Waals surface area contributed by atoms with Crippen molar-refractivity contribution in [3.63, 3.8) is 0 Å². The predicted octanol–water partition coefficient (Wildman–Crippen LogP) is 1.50. The Bertz CT molecular complexity index is 219. The zero-order valence-electron chi connectivity index (χ0n) is 8.40.